The minimum Gasteiger partial charge on any atom is -0.380 e. The van der Waals surface area contributed by atoms with E-state index in [0.717, 1.165) is 18.9 Å². The van der Waals surface area contributed by atoms with Crippen LogP contribution in [0.4, 0.5) is 0 Å². The van der Waals surface area contributed by atoms with E-state index >= 15 is 0 Å². The largest absolute Gasteiger partial charge is 0.380 e. The van der Waals surface area contributed by atoms with E-state index < -0.39 is 0 Å². The molecule has 0 saturated carbocycles. The molecule has 2 heterocycles. The van der Waals surface area contributed by atoms with E-state index in [-0.39, 0.29) is 0 Å². The summed E-state index contributed by atoms with van der Waals surface area (Å²) in [4.78, 5) is 4.33. The lowest BCUT2D eigenvalue weighted by atomic mass is 9.98. The molecule has 2 heteroatoms. The van der Waals surface area contributed by atoms with E-state index in [1.165, 1.54) is 11.1 Å². The molecule has 0 spiro atoms. The molecule has 1 fully saturated rings. The van der Waals surface area contributed by atoms with E-state index in [1.807, 2.05) is 27.0 Å². The van der Waals surface area contributed by atoms with Crippen LogP contribution in [0.1, 0.15) is 36.6 Å². The first kappa shape index (κ1) is 11.2. The Labute approximate surface area is 86.3 Å². The number of ether oxygens (including phenoxy) is 1. The molecule has 0 bridgehead atoms. The van der Waals surface area contributed by atoms with E-state index in [2.05, 4.69) is 18.0 Å². The fourth-order valence-corrected chi connectivity index (χ4v) is 1.32. The maximum absolute atomic E-state index is 5.13. The van der Waals surface area contributed by atoms with Gasteiger partial charge in [0.2, 0.25) is 0 Å². The Morgan fingerprint density at radius 2 is 1.93 bits per heavy atom. The molecule has 0 N–H and O–H groups in total. The normalized spacial score (nSPS) is 15.4. The SMILES string of the molecule is CC.Cc1cc(C2COC2)cnc1C. The lowest BCUT2D eigenvalue weighted by molar-refractivity contribution is 0.00826. The van der Waals surface area contributed by atoms with Gasteiger partial charge in [0.1, 0.15) is 0 Å². The van der Waals surface area contributed by atoms with Gasteiger partial charge in [-0.15, -0.1) is 0 Å². The highest BCUT2D eigenvalue weighted by molar-refractivity contribution is 5.26. The zero-order valence-electron chi connectivity index (χ0n) is 9.50. The summed E-state index contributed by atoms with van der Waals surface area (Å²) < 4.78 is 5.13. The molecule has 1 aromatic rings. The van der Waals surface area contributed by atoms with Gasteiger partial charge in [-0.3, -0.25) is 4.98 Å². The molecule has 2 rings (SSSR count). The van der Waals surface area contributed by atoms with Crippen molar-refractivity contribution in [3.05, 3.63) is 29.1 Å². The van der Waals surface area contributed by atoms with Gasteiger partial charge in [-0.2, -0.15) is 0 Å². The Balaban J connectivity index is 0.000000461. The first-order valence-electron chi connectivity index (χ1n) is 5.28. The number of nitrogens with zero attached hydrogens (tertiary/aromatic N) is 1. The minimum atomic E-state index is 0.594. The fourth-order valence-electron chi connectivity index (χ4n) is 1.32. The van der Waals surface area contributed by atoms with Crippen LogP contribution in [0.15, 0.2) is 12.3 Å². The first-order chi connectivity index (χ1) is 6.77. The molecule has 78 valence electrons. The van der Waals surface area contributed by atoms with Crippen molar-refractivity contribution in [2.24, 2.45) is 0 Å². The first-order valence-corrected chi connectivity index (χ1v) is 5.28. The summed E-state index contributed by atoms with van der Waals surface area (Å²) in [5.74, 6) is 0.594. The zero-order valence-corrected chi connectivity index (χ0v) is 9.50. The average molecular weight is 193 g/mol. The number of pyridine rings is 1. The molecular formula is C12H19NO. The maximum Gasteiger partial charge on any atom is 0.0557 e. The predicted molar refractivity (Wildman–Crippen MR) is 58.6 cm³/mol. The summed E-state index contributed by atoms with van der Waals surface area (Å²) in [6, 6.07) is 2.22. The van der Waals surface area contributed by atoms with Gasteiger partial charge in [-0.05, 0) is 25.0 Å². The lowest BCUT2D eigenvalue weighted by Crippen LogP contribution is -2.25. The molecule has 2 nitrogen and oxygen atoms in total. The van der Waals surface area contributed by atoms with Crippen molar-refractivity contribution in [3.8, 4) is 0 Å². The highest BCUT2D eigenvalue weighted by Gasteiger charge is 2.20. The molecule has 1 aliphatic rings. The Morgan fingerprint density at radius 3 is 2.36 bits per heavy atom. The standard InChI is InChI=1S/C10H13NO.C2H6/c1-7-3-9(4-11-8(7)2)10-5-12-6-10;1-2/h3-4,10H,5-6H2,1-2H3;1-2H3. The third-order valence-electron chi connectivity index (χ3n) is 2.47. The number of rotatable bonds is 1. The van der Waals surface area contributed by atoms with Crippen LogP contribution in [0.5, 0.6) is 0 Å². The van der Waals surface area contributed by atoms with Crippen LogP contribution < -0.4 is 0 Å². The molecule has 1 saturated heterocycles. The Morgan fingerprint density at radius 1 is 1.29 bits per heavy atom. The molecule has 0 amide bonds. The van der Waals surface area contributed by atoms with Crippen molar-refractivity contribution >= 4 is 0 Å². The van der Waals surface area contributed by atoms with Crippen LogP contribution in [0.25, 0.3) is 0 Å². The van der Waals surface area contributed by atoms with Crippen molar-refractivity contribution in [2.45, 2.75) is 33.6 Å². The fraction of sp³-hybridized carbons (Fsp3) is 0.583. The third-order valence-corrected chi connectivity index (χ3v) is 2.47. The summed E-state index contributed by atoms with van der Waals surface area (Å²) in [6.45, 7) is 9.87. The van der Waals surface area contributed by atoms with E-state index in [0.29, 0.717) is 5.92 Å². The van der Waals surface area contributed by atoms with Gasteiger partial charge in [0.15, 0.2) is 0 Å². The van der Waals surface area contributed by atoms with Crippen molar-refractivity contribution < 1.29 is 4.74 Å². The maximum atomic E-state index is 5.13. The molecule has 0 atom stereocenters. The summed E-state index contributed by atoms with van der Waals surface area (Å²) >= 11 is 0. The monoisotopic (exact) mass is 193 g/mol. The van der Waals surface area contributed by atoms with Crippen LogP contribution in [-0.4, -0.2) is 18.2 Å². The van der Waals surface area contributed by atoms with Crippen LogP contribution in [-0.2, 0) is 4.74 Å². The molecule has 1 aromatic heterocycles. The van der Waals surface area contributed by atoms with Crippen LogP contribution >= 0.6 is 0 Å². The number of hydrogen-bond acceptors (Lipinski definition) is 2. The Bertz CT molecular complexity index is 292. The summed E-state index contributed by atoms with van der Waals surface area (Å²) in [7, 11) is 0. The smallest absolute Gasteiger partial charge is 0.0557 e. The van der Waals surface area contributed by atoms with Crippen molar-refractivity contribution in [2.75, 3.05) is 13.2 Å². The second-order valence-electron chi connectivity index (χ2n) is 3.41. The number of aryl methyl sites for hydroxylation is 2. The van der Waals surface area contributed by atoms with Gasteiger partial charge in [0.25, 0.3) is 0 Å². The van der Waals surface area contributed by atoms with Crippen molar-refractivity contribution in [3.63, 3.8) is 0 Å². The van der Waals surface area contributed by atoms with Gasteiger partial charge < -0.3 is 4.74 Å². The Kier molecular flexibility index (Phi) is 4.08. The van der Waals surface area contributed by atoms with Gasteiger partial charge in [0.05, 0.1) is 13.2 Å². The zero-order chi connectivity index (χ0) is 10.6. The molecule has 0 radical (unpaired) electrons. The molecular weight excluding hydrogens is 174 g/mol. The number of aromatic nitrogens is 1. The molecule has 1 aliphatic heterocycles. The molecule has 0 aliphatic carbocycles. The molecule has 14 heavy (non-hydrogen) atoms. The van der Waals surface area contributed by atoms with Gasteiger partial charge in [-0.25, -0.2) is 0 Å². The van der Waals surface area contributed by atoms with Gasteiger partial charge >= 0.3 is 0 Å². The quantitative estimate of drug-likeness (QED) is 0.684. The second kappa shape index (κ2) is 5.11. The number of hydrogen-bond donors (Lipinski definition) is 0. The van der Waals surface area contributed by atoms with Crippen LogP contribution in [0, 0.1) is 13.8 Å². The van der Waals surface area contributed by atoms with Crippen LogP contribution in [0.3, 0.4) is 0 Å². The summed E-state index contributed by atoms with van der Waals surface area (Å²) in [5.41, 5.74) is 3.72. The van der Waals surface area contributed by atoms with Crippen molar-refractivity contribution in [1.29, 1.82) is 0 Å². The average Bonchev–Trinajstić information content (AvgIpc) is 2.12. The van der Waals surface area contributed by atoms with E-state index in [1.54, 1.807) is 0 Å². The third kappa shape index (κ3) is 2.32. The van der Waals surface area contributed by atoms with Crippen LogP contribution in [0.2, 0.25) is 0 Å². The summed E-state index contributed by atoms with van der Waals surface area (Å²) in [6.07, 6.45) is 1.97. The van der Waals surface area contributed by atoms with Gasteiger partial charge in [-0.1, -0.05) is 19.9 Å². The van der Waals surface area contributed by atoms with E-state index in [4.69, 9.17) is 4.74 Å². The lowest BCUT2D eigenvalue weighted by Gasteiger charge is -2.26. The van der Waals surface area contributed by atoms with E-state index in [9.17, 15) is 0 Å². The van der Waals surface area contributed by atoms with Gasteiger partial charge in [0, 0.05) is 17.8 Å². The predicted octanol–water partition coefficient (Wildman–Crippen LogP) is 2.84. The Hall–Kier alpha value is -0.890. The molecule has 0 unspecified atom stereocenters. The molecule has 0 aromatic carbocycles. The van der Waals surface area contributed by atoms with Crippen molar-refractivity contribution in [1.82, 2.24) is 4.98 Å². The summed E-state index contributed by atoms with van der Waals surface area (Å²) in [5, 5.41) is 0. The second-order valence-corrected chi connectivity index (χ2v) is 3.41. The highest BCUT2D eigenvalue weighted by atomic mass is 16.5. The highest BCUT2D eigenvalue weighted by Crippen LogP contribution is 2.24. The topological polar surface area (TPSA) is 22.1 Å². The minimum absolute atomic E-state index is 0.594.